The molecule has 5 fully saturated rings. The number of amides is 5. The number of aromatic nitrogens is 8. The number of carbonyl (C=O) groups is 5. The Morgan fingerprint density at radius 1 is 0.484 bits per heavy atom. The summed E-state index contributed by atoms with van der Waals surface area (Å²) >= 11 is 0. The molecule has 6 N–H and O–H groups in total. The molecule has 4 aromatic heterocycles. The van der Waals surface area contributed by atoms with Gasteiger partial charge < -0.3 is 54.2 Å². The Kier molecular flexibility index (Phi) is 28.8. The molecule has 16 rings (SSSR count). The molecule has 5 atom stereocenters. The summed E-state index contributed by atoms with van der Waals surface area (Å²) in [6.07, 6.45) is 7.11. The Hall–Kier alpha value is -11.9. The van der Waals surface area contributed by atoms with Gasteiger partial charge in [0.15, 0.2) is 0 Å². The van der Waals surface area contributed by atoms with Crippen LogP contribution in [0.5, 0.6) is 0 Å². The number of ether oxygens (including phenoxy) is 4. The van der Waals surface area contributed by atoms with Gasteiger partial charge in [0, 0.05) is 50.3 Å². The summed E-state index contributed by atoms with van der Waals surface area (Å²) in [5.41, 5.74) is 10.8. The summed E-state index contributed by atoms with van der Waals surface area (Å²) in [5, 5.41) is 16.5. The van der Waals surface area contributed by atoms with Gasteiger partial charge in [-0.1, -0.05) is 190 Å². The van der Waals surface area contributed by atoms with Crippen LogP contribution in [0.25, 0.3) is 88.8 Å². The lowest BCUT2D eigenvalue weighted by atomic mass is 9.90. The minimum absolute atomic E-state index is 0.0411. The third kappa shape index (κ3) is 23.0. The zero-order chi connectivity index (χ0) is 87.3. The van der Waals surface area contributed by atoms with E-state index >= 15 is 0 Å². The summed E-state index contributed by atoms with van der Waals surface area (Å²) in [4.78, 5) is 100. The first-order valence-corrected chi connectivity index (χ1v) is 42.1. The van der Waals surface area contributed by atoms with Crippen molar-refractivity contribution in [2.24, 2.45) is 23.7 Å². The molecule has 5 unspecified atom stereocenters. The van der Waals surface area contributed by atoms with Gasteiger partial charge in [-0.3, -0.25) is 19.5 Å². The molecular weight excluding hydrogens is 1560 g/mol. The third-order valence-corrected chi connectivity index (χ3v) is 21.1. The number of aromatic amines is 4. The number of alkyl carbamates (subject to hydrolysis) is 1. The Morgan fingerprint density at radius 2 is 0.852 bits per heavy atom. The largest absolute Gasteiger partial charge is 0.465 e. The number of alkyl halides is 4. The van der Waals surface area contributed by atoms with Gasteiger partial charge in [0.1, 0.15) is 41.5 Å². The van der Waals surface area contributed by atoms with Crippen LogP contribution in [-0.4, -0.2) is 165 Å². The molecule has 0 bridgehead atoms. The number of fused-ring (bicyclic) bond motifs is 2. The maximum atomic E-state index is 14.5. The SMILES string of the molecule is CC(C)(C)OC(=O)N1CC(F)(F)CC1c1ncc(-c2ccc(-c3ccc4cc(-c5cnc(C6CCCN6C(=O)OCc6ccccc6)[nH]5)ccc4c3)cc2)[nH]1.CC(C)C.CC(C)C.CC(C)C.COC(=O)NC(C(=O)N1CCCC1c1ncc(-c2ccc3cc(-c4ccc(-c5cnc(C6CC(F)(F)CN6C(=O)O)[nH]5)cc4)ccc3c2)[nH]1)C1CCOCC1. The number of likely N-dealkylation sites (tertiary alicyclic amines) is 4. The number of benzene rings is 7. The number of halogens is 4. The van der Waals surface area contributed by atoms with Crippen molar-refractivity contribution in [3.8, 4) is 67.3 Å². The van der Waals surface area contributed by atoms with Crippen molar-refractivity contribution >= 4 is 51.8 Å². The zero-order valence-electron chi connectivity index (χ0n) is 71.8. The summed E-state index contributed by atoms with van der Waals surface area (Å²) in [7, 11) is 1.29. The Bertz CT molecular complexity index is 5340. The van der Waals surface area contributed by atoms with Crippen molar-refractivity contribution in [1.29, 1.82) is 0 Å². The van der Waals surface area contributed by atoms with Crippen LogP contribution in [-0.2, 0) is 30.3 Å². The third-order valence-electron chi connectivity index (χ3n) is 21.1. The van der Waals surface area contributed by atoms with Gasteiger partial charge in [-0.2, -0.15) is 0 Å². The summed E-state index contributed by atoms with van der Waals surface area (Å²) in [5.74, 6) is -1.88. The molecular formula is C95H113F4N13O10. The van der Waals surface area contributed by atoms with E-state index in [1.54, 1.807) is 38.1 Å². The fourth-order valence-corrected chi connectivity index (χ4v) is 15.5. The lowest BCUT2D eigenvalue weighted by Gasteiger charge is -2.34. The van der Waals surface area contributed by atoms with Gasteiger partial charge in [-0.05, 0) is 168 Å². The highest BCUT2D eigenvalue weighted by Gasteiger charge is 2.51. The molecule has 27 heteroatoms. The standard InChI is InChI=1S/C43H42F2N6O4.C40H41F2N7O6.3C4H10/c1-42(2,3)55-41(53)51-26-43(44,45)22-37(51)39-47-23-34(48-39)29-13-11-28(12-14-29)30-15-16-32-21-33(18-17-31(32)20-30)35-24-46-38(49-35)36-10-7-19-50(36)40(52)54-25-27-8-5-4-6-9-27;1-54-38(51)47-34(25-12-15-55-16-13-25)37(50)48-14-2-3-32(48)35-43-21-31(46-35)29-11-10-27-17-26(8-9-28(27)18-29)23-4-6-24(7-5-23)30-20-44-36(45-30)33-19-40(41,42)22-49(33)39(52)53;3*1-4(2)3/h4-6,8-9,11-18,20-21,23-24,36-37H,7,10,19,22,25-26H2,1-3H3,(H,46,49)(H,47,48);4-11,17-18,20-21,25,32-34H,2-3,12-16,19,22H2,1H3,(H,43,46)(H,44,45)(H,47,51)(H,52,53);3*4H,1-3H3. The summed E-state index contributed by atoms with van der Waals surface area (Å²) in [6.45, 7) is 25.6. The monoisotopic (exact) mass is 1670 g/mol. The molecule has 646 valence electrons. The minimum Gasteiger partial charge on any atom is -0.465 e. The second-order valence-corrected chi connectivity index (χ2v) is 34.9. The number of carboxylic acid groups (broad SMARTS) is 1. The number of methoxy groups -OCH3 is 1. The van der Waals surface area contributed by atoms with E-state index in [1.165, 1.54) is 13.3 Å². The van der Waals surface area contributed by atoms with E-state index < -0.39 is 79.8 Å². The maximum absolute atomic E-state index is 14.5. The zero-order valence-corrected chi connectivity index (χ0v) is 71.8. The van der Waals surface area contributed by atoms with Crippen LogP contribution in [0.4, 0.5) is 36.7 Å². The van der Waals surface area contributed by atoms with Crippen LogP contribution in [0.15, 0.2) is 176 Å². The number of imidazole rings is 4. The summed E-state index contributed by atoms with van der Waals surface area (Å²) < 4.78 is 78.4. The van der Waals surface area contributed by atoms with Gasteiger partial charge in [0.2, 0.25) is 5.91 Å². The molecule has 5 saturated heterocycles. The van der Waals surface area contributed by atoms with Crippen molar-refractivity contribution in [2.45, 2.75) is 189 Å². The number of rotatable bonds is 15. The number of carbonyl (C=O) groups excluding carboxylic acids is 4. The van der Waals surface area contributed by atoms with Gasteiger partial charge in [0.25, 0.3) is 11.8 Å². The van der Waals surface area contributed by atoms with E-state index in [4.69, 9.17) is 23.9 Å². The molecule has 5 aliphatic rings. The van der Waals surface area contributed by atoms with E-state index in [9.17, 15) is 46.6 Å². The van der Waals surface area contributed by atoms with Gasteiger partial charge in [0.05, 0.1) is 91.9 Å². The van der Waals surface area contributed by atoms with Crippen LogP contribution in [0.1, 0.15) is 187 Å². The molecule has 122 heavy (non-hydrogen) atoms. The molecule has 0 saturated carbocycles. The quantitative estimate of drug-likeness (QED) is 0.0411. The smallest absolute Gasteiger partial charge is 0.411 e. The van der Waals surface area contributed by atoms with Crippen molar-refractivity contribution < 1.29 is 65.6 Å². The van der Waals surface area contributed by atoms with Crippen molar-refractivity contribution in [3.63, 3.8) is 0 Å². The fourth-order valence-electron chi connectivity index (χ4n) is 15.5. The van der Waals surface area contributed by atoms with E-state index in [-0.39, 0.29) is 42.4 Å². The van der Waals surface area contributed by atoms with Gasteiger partial charge in [-0.15, -0.1) is 0 Å². The minimum atomic E-state index is -3.11. The van der Waals surface area contributed by atoms with E-state index in [0.717, 1.165) is 142 Å². The molecule has 0 spiro atoms. The topological polar surface area (TPSA) is 282 Å². The summed E-state index contributed by atoms with van der Waals surface area (Å²) in [6, 6.07) is 47.3. The highest BCUT2D eigenvalue weighted by molar-refractivity contribution is 5.92. The number of nitrogens with one attached hydrogen (secondary N) is 5. The Balaban J connectivity index is 0.000000197. The average molecular weight is 1670 g/mol. The van der Waals surface area contributed by atoms with Crippen LogP contribution >= 0.6 is 0 Å². The van der Waals surface area contributed by atoms with Crippen LogP contribution in [0.2, 0.25) is 0 Å². The first kappa shape index (κ1) is 89.4. The van der Waals surface area contributed by atoms with Crippen LogP contribution < -0.4 is 5.32 Å². The second kappa shape index (κ2) is 39.3. The Labute approximate surface area is 710 Å². The fraction of sp³-hybridized carbons (Fsp3) is 0.421. The van der Waals surface area contributed by atoms with Crippen LogP contribution in [0.3, 0.4) is 0 Å². The van der Waals surface area contributed by atoms with Gasteiger partial charge in [-0.25, -0.2) is 56.7 Å². The molecule has 23 nitrogen and oxygen atoms in total. The molecule has 0 radical (unpaired) electrons. The molecule has 11 aromatic rings. The molecule has 7 aromatic carbocycles. The molecule has 0 aliphatic carbocycles. The van der Waals surface area contributed by atoms with Gasteiger partial charge >= 0.3 is 24.4 Å². The molecule has 5 amide bonds. The lowest BCUT2D eigenvalue weighted by Crippen LogP contribution is -2.53. The second-order valence-electron chi connectivity index (χ2n) is 34.9. The van der Waals surface area contributed by atoms with Crippen molar-refractivity contribution in [1.82, 2.24) is 64.8 Å². The maximum Gasteiger partial charge on any atom is 0.411 e. The number of hydrogen-bond acceptors (Lipinski definition) is 13. The lowest BCUT2D eigenvalue weighted by molar-refractivity contribution is -0.136. The molecule has 9 heterocycles. The van der Waals surface area contributed by atoms with Crippen LogP contribution in [0, 0.1) is 23.7 Å². The number of hydrogen-bond donors (Lipinski definition) is 6. The highest BCUT2D eigenvalue weighted by atomic mass is 19.3. The Morgan fingerprint density at radius 3 is 1.28 bits per heavy atom. The normalized spacial score (nSPS) is 18.3. The van der Waals surface area contributed by atoms with E-state index in [1.807, 2.05) is 102 Å². The average Bonchev–Trinajstić information content (AvgIpc) is 1.60. The predicted octanol–water partition coefficient (Wildman–Crippen LogP) is 22.2. The van der Waals surface area contributed by atoms with Crippen molar-refractivity contribution in [3.05, 3.63) is 205 Å². The molecule has 5 aliphatic heterocycles. The van der Waals surface area contributed by atoms with E-state index in [0.29, 0.717) is 62.2 Å². The van der Waals surface area contributed by atoms with E-state index in [2.05, 4.69) is 163 Å². The predicted molar refractivity (Wildman–Crippen MR) is 465 cm³/mol. The highest BCUT2D eigenvalue weighted by Crippen LogP contribution is 2.44. The first-order valence-electron chi connectivity index (χ1n) is 42.1. The van der Waals surface area contributed by atoms with Crippen molar-refractivity contribution in [2.75, 3.05) is 46.5 Å². The number of nitrogens with zero attached hydrogens (tertiary/aromatic N) is 8. The number of H-pyrrole nitrogens is 4. The first-order chi connectivity index (χ1) is 58.1.